The summed E-state index contributed by atoms with van der Waals surface area (Å²) in [6.45, 7) is 2.83. The number of guanidine groups is 1. The Morgan fingerprint density at radius 2 is 1.80 bits per heavy atom. The lowest BCUT2D eigenvalue weighted by Gasteiger charge is -2.12. The van der Waals surface area contributed by atoms with E-state index in [0.29, 0.717) is 19.5 Å². The van der Waals surface area contributed by atoms with Crippen LogP contribution in [0.3, 0.4) is 0 Å². The minimum absolute atomic E-state index is 0.420. The highest BCUT2D eigenvalue weighted by Gasteiger charge is 2.02. The fourth-order valence-corrected chi connectivity index (χ4v) is 3.08. The number of aryl methyl sites for hydroxylation is 1. The molecule has 0 unspecified atom stereocenters. The summed E-state index contributed by atoms with van der Waals surface area (Å²) >= 11 is 0. The lowest BCUT2D eigenvalue weighted by Crippen LogP contribution is -2.39. The minimum atomic E-state index is -3.11. The maximum atomic E-state index is 11.0. The van der Waals surface area contributed by atoms with Crippen molar-refractivity contribution in [1.82, 2.24) is 19.9 Å². The quantitative estimate of drug-likeness (QED) is 0.353. The lowest BCUT2D eigenvalue weighted by molar-refractivity contribution is 0.584. The summed E-state index contributed by atoms with van der Waals surface area (Å²) in [7, 11) is -1.39. The van der Waals surface area contributed by atoms with Gasteiger partial charge in [0.05, 0.1) is 6.26 Å². The van der Waals surface area contributed by atoms with Crippen LogP contribution in [0.4, 0.5) is 0 Å². The van der Waals surface area contributed by atoms with Gasteiger partial charge in [0, 0.05) is 44.9 Å². The van der Waals surface area contributed by atoms with Gasteiger partial charge in [0.15, 0.2) is 5.96 Å². The van der Waals surface area contributed by atoms with E-state index in [1.54, 1.807) is 7.05 Å². The van der Waals surface area contributed by atoms with Gasteiger partial charge in [0.2, 0.25) is 10.0 Å². The summed E-state index contributed by atoms with van der Waals surface area (Å²) in [6, 6.07) is 10.5. The third-order valence-electron chi connectivity index (χ3n) is 3.78. The largest absolute Gasteiger partial charge is 0.356 e. The van der Waals surface area contributed by atoms with E-state index in [1.165, 1.54) is 10.9 Å². The van der Waals surface area contributed by atoms with Crippen LogP contribution >= 0.6 is 0 Å². The number of hydrogen-bond donors (Lipinski definition) is 3. The predicted molar refractivity (Wildman–Crippen MR) is 103 cm³/mol. The van der Waals surface area contributed by atoms with Crippen molar-refractivity contribution in [2.45, 2.75) is 19.4 Å². The fraction of sp³-hybridized carbons (Fsp3) is 0.471. The Morgan fingerprint density at radius 3 is 2.52 bits per heavy atom. The molecule has 0 saturated carbocycles. The molecule has 0 aliphatic carbocycles. The van der Waals surface area contributed by atoms with Crippen molar-refractivity contribution >= 4 is 26.9 Å². The summed E-state index contributed by atoms with van der Waals surface area (Å²) < 4.78 is 26.7. The number of rotatable bonds is 9. The molecule has 0 bridgehead atoms. The number of para-hydroxylation sites is 1. The molecule has 138 valence electrons. The highest BCUT2D eigenvalue weighted by molar-refractivity contribution is 7.88. The molecule has 8 heteroatoms. The summed E-state index contributed by atoms with van der Waals surface area (Å²) in [5.41, 5.74) is 1.25. The standard InChI is InChI=1S/C17H27N5O2S/c1-18-17(19-10-5-12-21-25(2,23)24)20-11-6-13-22-14-9-15-7-3-4-8-16(15)22/h3-4,7-9,14,21H,5-6,10-13H2,1-2H3,(H2,18,19,20). The van der Waals surface area contributed by atoms with Crippen LogP contribution in [-0.4, -0.2) is 51.9 Å². The van der Waals surface area contributed by atoms with Gasteiger partial charge >= 0.3 is 0 Å². The molecule has 0 spiro atoms. The molecule has 0 atom stereocenters. The first-order chi connectivity index (χ1) is 12.0. The SMILES string of the molecule is CN=C(NCCCNS(C)(=O)=O)NCCCn1ccc2ccccc21. The van der Waals surface area contributed by atoms with Crippen LogP contribution in [0.2, 0.25) is 0 Å². The van der Waals surface area contributed by atoms with Gasteiger partial charge in [0.1, 0.15) is 0 Å². The smallest absolute Gasteiger partial charge is 0.208 e. The fourth-order valence-electron chi connectivity index (χ4n) is 2.57. The Balaban J connectivity index is 1.64. The van der Waals surface area contributed by atoms with Crippen LogP contribution < -0.4 is 15.4 Å². The van der Waals surface area contributed by atoms with E-state index in [1.807, 2.05) is 0 Å². The molecular formula is C17H27N5O2S. The minimum Gasteiger partial charge on any atom is -0.356 e. The second-order valence-corrected chi connectivity index (χ2v) is 7.70. The molecule has 7 nitrogen and oxygen atoms in total. The van der Waals surface area contributed by atoms with Crippen LogP contribution in [0.5, 0.6) is 0 Å². The van der Waals surface area contributed by atoms with E-state index in [0.717, 1.165) is 31.7 Å². The average Bonchev–Trinajstić information content (AvgIpc) is 2.98. The third kappa shape index (κ3) is 6.75. The number of benzene rings is 1. The molecule has 0 saturated heterocycles. The summed E-state index contributed by atoms with van der Waals surface area (Å²) in [6.07, 6.45) is 4.96. The topological polar surface area (TPSA) is 87.5 Å². The van der Waals surface area contributed by atoms with Crippen molar-refractivity contribution < 1.29 is 8.42 Å². The molecule has 0 amide bonds. The molecule has 1 heterocycles. The monoisotopic (exact) mass is 365 g/mol. The van der Waals surface area contributed by atoms with Crippen LogP contribution in [0.15, 0.2) is 41.5 Å². The van der Waals surface area contributed by atoms with Gasteiger partial charge in [-0.1, -0.05) is 18.2 Å². The van der Waals surface area contributed by atoms with Crippen molar-refractivity contribution in [3.63, 3.8) is 0 Å². The van der Waals surface area contributed by atoms with E-state index >= 15 is 0 Å². The van der Waals surface area contributed by atoms with Crippen molar-refractivity contribution in [2.24, 2.45) is 4.99 Å². The summed E-state index contributed by atoms with van der Waals surface area (Å²) in [5.74, 6) is 0.733. The van der Waals surface area contributed by atoms with E-state index in [-0.39, 0.29) is 0 Å². The lowest BCUT2D eigenvalue weighted by atomic mass is 10.2. The van der Waals surface area contributed by atoms with E-state index in [2.05, 4.69) is 61.4 Å². The second kappa shape index (κ2) is 9.43. The molecule has 2 aromatic rings. The van der Waals surface area contributed by atoms with Crippen molar-refractivity contribution in [3.05, 3.63) is 36.5 Å². The number of nitrogens with one attached hydrogen (secondary N) is 3. The highest BCUT2D eigenvalue weighted by atomic mass is 32.2. The molecule has 0 radical (unpaired) electrons. The van der Waals surface area contributed by atoms with Gasteiger partial charge < -0.3 is 15.2 Å². The normalized spacial score (nSPS) is 12.5. The van der Waals surface area contributed by atoms with Crippen LogP contribution in [-0.2, 0) is 16.6 Å². The molecule has 0 aliphatic rings. The Hall–Kier alpha value is -2.06. The van der Waals surface area contributed by atoms with Gasteiger partial charge in [-0.05, 0) is 30.4 Å². The van der Waals surface area contributed by atoms with Crippen molar-refractivity contribution in [2.75, 3.05) is 32.9 Å². The first kappa shape index (κ1) is 19.3. The third-order valence-corrected chi connectivity index (χ3v) is 4.51. The first-order valence-electron chi connectivity index (χ1n) is 8.42. The zero-order valence-corrected chi connectivity index (χ0v) is 15.6. The average molecular weight is 366 g/mol. The van der Waals surface area contributed by atoms with Crippen LogP contribution in [0.1, 0.15) is 12.8 Å². The van der Waals surface area contributed by atoms with E-state index < -0.39 is 10.0 Å². The van der Waals surface area contributed by atoms with Gasteiger partial charge in [-0.2, -0.15) is 0 Å². The molecule has 1 aromatic carbocycles. The molecule has 3 N–H and O–H groups in total. The van der Waals surface area contributed by atoms with Gasteiger partial charge in [-0.3, -0.25) is 4.99 Å². The molecule has 25 heavy (non-hydrogen) atoms. The predicted octanol–water partition coefficient (Wildman–Crippen LogP) is 1.14. The van der Waals surface area contributed by atoms with E-state index in [9.17, 15) is 8.42 Å². The van der Waals surface area contributed by atoms with Gasteiger partial charge in [-0.15, -0.1) is 0 Å². The van der Waals surface area contributed by atoms with Crippen LogP contribution in [0.25, 0.3) is 10.9 Å². The maximum absolute atomic E-state index is 11.0. The van der Waals surface area contributed by atoms with Crippen molar-refractivity contribution in [1.29, 1.82) is 0 Å². The zero-order chi connectivity index (χ0) is 18.1. The van der Waals surface area contributed by atoms with E-state index in [4.69, 9.17) is 0 Å². The number of nitrogens with zero attached hydrogens (tertiary/aromatic N) is 2. The number of aliphatic imine (C=N–C) groups is 1. The number of aromatic nitrogens is 1. The summed E-state index contributed by atoms with van der Waals surface area (Å²) in [4.78, 5) is 4.17. The summed E-state index contributed by atoms with van der Waals surface area (Å²) in [5, 5.41) is 7.71. The molecule has 0 fully saturated rings. The first-order valence-corrected chi connectivity index (χ1v) is 10.3. The zero-order valence-electron chi connectivity index (χ0n) is 14.8. The molecule has 2 rings (SSSR count). The van der Waals surface area contributed by atoms with Crippen molar-refractivity contribution in [3.8, 4) is 0 Å². The Kier molecular flexibility index (Phi) is 7.27. The maximum Gasteiger partial charge on any atom is 0.208 e. The Morgan fingerprint density at radius 1 is 1.08 bits per heavy atom. The highest BCUT2D eigenvalue weighted by Crippen LogP contribution is 2.15. The second-order valence-electron chi connectivity index (χ2n) is 5.87. The number of hydrogen-bond acceptors (Lipinski definition) is 3. The number of sulfonamides is 1. The van der Waals surface area contributed by atoms with Gasteiger partial charge in [-0.25, -0.2) is 13.1 Å². The molecular weight excluding hydrogens is 338 g/mol. The molecule has 0 aliphatic heterocycles. The number of fused-ring (bicyclic) bond motifs is 1. The molecule has 1 aromatic heterocycles. The van der Waals surface area contributed by atoms with Crippen LogP contribution in [0, 0.1) is 0 Å². The Labute approximate surface area is 149 Å². The Bertz CT molecular complexity index is 798. The van der Waals surface area contributed by atoms with Gasteiger partial charge in [0.25, 0.3) is 0 Å².